The van der Waals surface area contributed by atoms with Crippen molar-refractivity contribution in [1.29, 1.82) is 0 Å². The molecule has 2 N–H and O–H groups in total. The van der Waals surface area contributed by atoms with Gasteiger partial charge in [0.15, 0.2) is 5.96 Å². The van der Waals surface area contributed by atoms with Crippen molar-refractivity contribution >= 4 is 5.96 Å². The van der Waals surface area contributed by atoms with Gasteiger partial charge in [0, 0.05) is 12.1 Å². The quantitative estimate of drug-likeness (QED) is 0.700. The normalized spacial score (nSPS) is 23.4. The van der Waals surface area contributed by atoms with Crippen molar-refractivity contribution in [3.8, 4) is 0 Å². The van der Waals surface area contributed by atoms with E-state index in [9.17, 15) is 0 Å². The summed E-state index contributed by atoms with van der Waals surface area (Å²) < 4.78 is 0. The smallest absolute Gasteiger partial charge is 0.191 e. The summed E-state index contributed by atoms with van der Waals surface area (Å²) in [6, 6.07) is 0. The van der Waals surface area contributed by atoms with Crippen LogP contribution >= 0.6 is 0 Å². The molecule has 3 nitrogen and oxygen atoms in total. The first-order chi connectivity index (χ1) is 6.68. The topological polar surface area (TPSA) is 36.4 Å². The number of nitrogens with zero attached hydrogens (tertiary/aromatic N) is 1. The van der Waals surface area contributed by atoms with Crippen molar-refractivity contribution in [3.63, 3.8) is 0 Å². The molecule has 0 bridgehead atoms. The molecule has 1 aliphatic heterocycles. The van der Waals surface area contributed by atoms with Gasteiger partial charge in [0.1, 0.15) is 0 Å². The molecular formula is C11H21N3. The molecule has 0 aromatic rings. The van der Waals surface area contributed by atoms with Gasteiger partial charge in [0.25, 0.3) is 0 Å². The second kappa shape index (κ2) is 3.79. The number of nitrogens with one attached hydrogen (secondary N) is 2. The molecule has 1 fully saturated rings. The van der Waals surface area contributed by atoms with Crippen molar-refractivity contribution in [2.45, 2.75) is 45.1 Å². The lowest BCUT2D eigenvalue weighted by Gasteiger charge is -2.33. The van der Waals surface area contributed by atoms with Gasteiger partial charge in [0.2, 0.25) is 0 Å². The van der Waals surface area contributed by atoms with Crippen LogP contribution in [0.25, 0.3) is 0 Å². The summed E-state index contributed by atoms with van der Waals surface area (Å²) in [4.78, 5) is 4.39. The average molecular weight is 195 g/mol. The minimum absolute atomic E-state index is 0.201. The van der Waals surface area contributed by atoms with E-state index >= 15 is 0 Å². The van der Waals surface area contributed by atoms with Crippen LogP contribution in [0.4, 0.5) is 0 Å². The first kappa shape index (κ1) is 9.81. The van der Waals surface area contributed by atoms with Crippen LogP contribution in [0, 0.1) is 5.92 Å². The SMILES string of the molecule is CC(C)(NC1=NCCN1)C1CCCC1. The molecule has 2 rings (SSSR count). The van der Waals surface area contributed by atoms with E-state index in [-0.39, 0.29) is 5.54 Å². The molecule has 0 radical (unpaired) electrons. The Kier molecular flexibility index (Phi) is 2.66. The summed E-state index contributed by atoms with van der Waals surface area (Å²) in [5, 5.41) is 6.81. The number of rotatable bonds is 2. The van der Waals surface area contributed by atoms with E-state index in [0.29, 0.717) is 0 Å². The van der Waals surface area contributed by atoms with Crippen molar-refractivity contribution < 1.29 is 0 Å². The Morgan fingerprint density at radius 3 is 2.64 bits per heavy atom. The zero-order chi connectivity index (χ0) is 10.0. The van der Waals surface area contributed by atoms with Gasteiger partial charge in [0.05, 0.1) is 6.54 Å². The van der Waals surface area contributed by atoms with Gasteiger partial charge in [-0.25, -0.2) is 0 Å². The van der Waals surface area contributed by atoms with Crippen LogP contribution in [-0.2, 0) is 0 Å². The third-order valence-electron chi connectivity index (χ3n) is 3.49. The molecule has 2 aliphatic rings. The van der Waals surface area contributed by atoms with Gasteiger partial charge in [-0.3, -0.25) is 4.99 Å². The summed E-state index contributed by atoms with van der Waals surface area (Å²) in [6.45, 7) is 6.50. The molecule has 0 spiro atoms. The molecule has 1 saturated carbocycles. The molecule has 0 aromatic heterocycles. The third kappa shape index (κ3) is 2.02. The minimum Gasteiger partial charge on any atom is -0.355 e. The van der Waals surface area contributed by atoms with Crippen molar-refractivity contribution in [2.75, 3.05) is 13.1 Å². The van der Waals surface area contributed by atoms with Crippen LogP contribution in [0.1, 0.15) is 39.5 Å². The lowest BCUT2D eigenvalue weighted by atomic mass is 9.86. The van der Waals surface area contributed by atoms with Gasteiger partial charge in [-0.15, -0.1) is 0 Å². The highest BCUT2D eigenvalue weighted by atomic mass is 15.2. The third-order valence-corrected chi connectivity index (χ3v) is 3.49. The van der Waals surface area contributed by atoms with Gasteiger partial charge in [-0.2, -0.15) is 0 Å². The highest BCUT2D eigenvalue weighted by Crippen LogP contribution is 2.33. The number of hydrogen-bond acceptors (Lipinski definition) is 3. The molecule has 0 amide bonds. The summed E-state index contributed by atoms with van der Waals surface area (Å²) in [7, 11) is 0. The molecule has 0 unspecified atom stereocenters. The summed E-state index contributed by atoms with van der Waals surface area (Å²) in [6.07, 6.45) is 5.53. The number of aliphatic imine (C=N–C) groups is 1. The van der Waals surface area contributed by atoms with Crippen LogP contribution in [0.3, 0.4) is 0 Å². The first-order valence-corrected chi connectivity index (χ1v) is 5.75. The number of hydrogen-bond donors (Lipinski definition) is 2. The summed E-state index contributed by atoms with van der Waals surface area (Å²) >= 11 is 0. The lowest BCUT2D eigenvalue weighted by Crippen LogP contribution is -2.51. The average Bonchev–Trinajstić information content (AvgIpc) is 2.71. The van der Waals surface area contributed by atoms with Crippen LogP contribution in [0.5, 0.6) is 0 Å². The zero-order valence-electron chi connectivity index (χ0n) is 9.27. The van der Waals surface area contributed by atoms with E-state index in [4.69, 9.17) is 0 Å². The molecule has 80 valence electrons. The maximum atomic E-state index is 4.39. The first-order valence-electron chi connectivity index (χ1n) is 5.75. The zero-order valence-corrected chi connectivity index (χ0v) is 9.27. The Labute approximate surface area is 86.4 Å². The molecular weight excluding hydrogens is 174 g/mol. The molecule has 14 heavy (non-hydrogen) atoms. The fourth-order valence-electron chi connectivity index (χ4n) is 2.54. The van der Waals surface area contributed by atoms with E-state index in [1.807, 2.05) is 0 Å². The van der Waals surface area contributed by atoms with E-state index in [1.165, 1.54) is 25.7 Å². The van der Waals surface area contributed by atoms with E-state index < -0.39 is 0 Å². The summed E-state index contributed by atoms with van der Waals surface area (Å²) in [5.74, 6) is 1.81. The van der Waals surface area contributed by atoms with Crippen LogP contribution in [0.2, 0.25) is 0 Å². The molecule has 0 atom stereocenters. The molecule has 3 heteroatoms. The largest absolute Gasteiger partial charge is 0.355 e. The predicted octanol–water partition coefficient (Wildman–Crippen LogP) is 1.50. The van der Waals surface area contributed by atoms with Crippen LogP contribution < -0.4 is 10.6 Å². The molecule has 1 heterocycles. The molecule has 0 aromatic carbocycles. The molecule has 0 saturated heterocycles. The highest BCUT2D eigenvalue weighted by Gasteiger charge is 2.32. The summed E-state index contributed by atoms with van der Waals surface area (Å²) in [5.41, 5.74) is 0.201. The maximum Gasteiger partial charge on any atom is 0.191 e. The fourth-order valence-corrected chi connectivity index (χ4v) is 2.54. The minimum atomic E-state index is 0.201. The van der Waals surface area contributed by atoms with Crippen LogP contribution in [-0.4, -0.2) is 24.6 Å². The van der Waals surface area contributed by atoms with Gasteiger partial charge in [-0.1, -0.05) is 12.8 Å². The highest BCUT2D eigenvalue weighted by molar-refractivity contribution is 5.81. The molecule has 1 aliphatic carbocycles. The number of guanidine groups is 1. The Bertz CT molecular complexity index is 227. The van der Waals surface area contributed by atoms with Gasteiger partial charge >= 0.3 is 0 Å². The Morgan fingerprint density at radius 2 is 2.07 bits per heavy atom. The van der Waals surface area contributed by atoms with Gasteiger partial charge in [-0.05, 0) is 32.6 Å². The Balaban J connectivity index is 1.93. The van der Waals surface area contributed by atoms with Crippen molar-refractivity contribution in [1.82, 2.24) is 10.6 Å². The predicted molar refractivity (Wildman–Crippen MR) is 59.5 cm³/mol. The van der Waals surface area contributed by atoms with E-state index in [1.54, 1.807) is 0 Å². The Hall–Kier alpha value is -0.730. The monoisotopic (exact) mass is 195 g/mol. The van der Waals surface area contributed by atoms with Crippen molar-refractivity contribution in [3.05, 3.63) is 0 Å². The Morgan fingerprint density at radius 1 is 1.36 bits per heavy atom. The van der Waals surface area contributed by atoms with Crippen molar-refractivity contribution in [2.24, 2.45) is 10.9 Å². The standard InChI is InChI=1S/C11H21N3/c1-11(2,9-5-3-4-6-9)14-10-12-7-8-13-10/h9H,3-8H2,1-2H3,(H2,12,13,14). The second-order valence-corrected chi connectivity index (χ2v) is 4.99. The maximum absolute atomic E-state index is 4.39. The fraction of sp³-hybridized carbons (Fsp3) is 0.909. The van der Waals surface area contributed by atoms with Gasteiger partial charge < -0.3 is 10.6 Å². The van der Waals surface area contributed by atoms with E-state index in [0.717, 1.165) is 25.0 Å². The van der Waals surface area contributed by atoms with E-state index in [2.05, 4.69) is 29.5 Å². The second-order valence-electron chi connectivity index (χ2n) is 4.99. The van der Waals surface area contributed by atoms with Crippen LogP contribution in [0.15, 0.2) is 4.99 Å². The lowest BCUT2D eigenvalue weighted by molar-refractivity contribution is 0.293.